The second kappa shape index (κ2) is 9.21. The second-order valence-corrected chi connectivity index (χ2v) is 10.1. The molecule has 1 saturated heterocycles. The van der Waals surface area contributed by atoms with Gasteiger partial charge in [-0.1, -0.05) is 6.92 Å². The van der Waals surface area contributed by atoms with Gasteiger partial charge in [0.15, 0.2) is 0 Å². The molecular formula is C23H30N8O2S. The number of nitrogens with zero attached hydrogens (tertiary/aromatic N) is 5. The monoisotopic (exact) mass is 482 g/mol. The summed E-state index contributed by atoms with van der Waals surface area (Å²) < 4.78 is 6.23. The first-order valence-electron chi connectivity index (χ1n) is 11.8. The number of nitrogens with one attached hydrogen (secondary N) is 1. The van der Waals surface area contributed by atoms with E-state index in [-0.39, 0.29) is 17.5 Å². The summed E-state index contributed by atoms with van der Waals surface area (Å²) >= 11 is 1.70. The highest BCUT2D eigenvalue weighted by Gasteiger charge is 2.43. The summed E-state index contributed by atoms with van der Waals surface area (Å²) in [7, 11) is 0. The van der Waals surface area contributed by atoms with E-state index in [0.717, 1.165) is 60.2 Å². The molecule has 180 valence electrons. The summed E-state index contributed by atoms with van der Waals surface area (Å²) in [5.74, 6) is 2.02. The van der Waals surface area contributed by atoms with E-state index in [9.17, 15) is 4.79 Å². The van der Waals surface area contributed by atoms with Crippen molar-refractivity contribution in [2.45, 2.75) is 57.5 Å². The molecule has 0 radical (unpaired) electrons. The summed E-state index contributed by atoms with van der Waals surface area (Å²) in [6.45, 7) is 4.21. The first kappa shape index (κ1) is 22.6. The molecule has 5 N–H and O–H groups in total. The van der Waals surface area contributed by atoms with Crippen LogP contribution < -0.4 is 21.5 Å². The second-order valence-electron chi connectivity index (χ2n) is 8.98. The summed E-state index contributed by atoms with van der Waals surface area (Å²) in [5, 5.41) is 4.44. The molecule has 0 aliphatic carbocycles. The zero-order valence-electron chi connectivity index (χ0n) is 19.3. The van der Waals surface area contributed by atoms with Crippen molar-refractivity contribution in [1.29, 1.82) is 0 Å². The first-order chi connectivity index (χ1) is 16.5. The van der Waals surface area contributed by atoms with E-state index in [1.54, 1.807) is 17.7 Å². The van der Waals surface area contributed by atoms with Crippen LogP contribution >= 0.6 is 11.3 Å². The number of fused-ring (bicyclic) bond motifs is 2. The van der Waals surface area contributed by atoms with Crippen molar-refractivity contribution < 1.29 is 9.53 Å². The zero-order valence-corrected chi connectivity index (χ0v) is 20.2. The van der Waals surface area contributed by atoms with Crippen LogP contribution in [0.3, 0.4) is 0 Å². The number of anilines is 3. The van der Waals surface area contributed by atoms with E-state index >= 15 is 0 Å². The van der Waals surface area contributed by atoms with Gasteiger partial charge in [-0.3, -0.25) is 4.79 Å². The summed E-state index contributed by atoms with van der Waals surface area (Å²) in [5.41, 5.74) is 12.2. The summed E-state index contributed by atoms with van der Waals surface area (Å²) in [4.78, 5) is 34.2. The summed E-state index contributed by atoms with van der Waals surface area (Å²) in [6.07, 6.45) is 6.93. The van der Waals surface area contributed by atoms with Crippen LogP contribution in [0.1, 0.15) is 49.5 Å². The number of amides is 1. The van der Waals surface area contributed by atoms with Crippen molar-refractivity contribution in [2.24, 2.45) is 0 Å². The number of nitrogens with two attached hydrogens (primary N) is 2. The number of rotatable bonds is 6. The lowest BCUT2D eigenvalue weighted by molar-refractivity contribution is -0.131. The maximum atomic E-state index is 12.9. The third-order valence-corrected chi connectivity index (χ3v) is 7.86. The van der Waals surface area contributed by atoms with Gasteiger partial charge in [-0.2, -0.15) is 9.97 Å². The lowest BCUT2D eigenvalue weighted by Gasteiger charge is -2.27. The Balaban J connectivity index is 1.13. The Morgan fingerprint density at radius 1 is 1.26 bits per heavy atom. The minimum atomic E-state index is -0.383. The van der Waals surface area contributed by atoms with Gasteiger partial charge >= 0.3 is 0 Å². The van der Waals surface area contributed by atoms with E-state index in [1.807, 2.05) is 4.90 Å². The van der Waals surface area contributed by atoms with E-state index < -0.39 is 0 Å². The number of carbonyl (C=O) groups is 1. The van der Waals surface area contributed by atoms with Crippen LogP contribution in [0.5, 0.6) is 5.88 Å². The largest absolute Gasteiger partial charge is 0.470 e. The molecule has 34 heavy (non-hydrogen) atoms. The topological polar surface area (TPSA) is 145 Å². The highest BCUT2D eigenvalue weighted by molar-refractivity contribution is 7.18. The van der Waals surface area contributed by atoms with E-state index in [4.69, 9.17) is 16.2 Å². The number of carbonyl (C=O) groups excluding carboxylic acids is 1. The number of thiophene rings is 1. The Kier molecular flexibility index (Phi) is 6.11. The fourth-order valence-electron chi connectivity index (χ4n) is 4.83. The number of nitrogen functional groups attached to an aromatic ring is 2. The van der Waals surface area contributed by atoms with Crippen molar-refractivity contribution >= 4 is 45.0 Å². The minimum absolute atomic E-state index is 0.125. The SMILES string of the molecule is CCc1cc2c(NCCCC(=O)N3CCC[C@@]4(CC3)Cc3c(N)nc(N)nc3O4)ncnc2s1. The Labute approximate surface area is 202 Å². The maximum Gasteiger partial charge on any atom is 0.225 e. The number of aromatic nitrogens is 4. The first-order valence-corrected chi connectivity index (χ1v) is 12.6. The van der Waals surface area contributed by atoms with Crippen molar-refractivity contribution in [3.63, 3.8) is 0 Å². The molecule has 2 aliphatic rings. The average Bonchev–Trinajstić information content (AvgIpc) is 3.34. The molecule has 5 rings (SSSR count). The lowest BCUT2D eigenvalue weighted by atomic mass is 9.90. The van der Waals surface area contributed by atoms with Crippen LogP contribution in [0.4, 0.5) is 17.6 Å². The van der Waals surface area contributed by atoms with Crippen LogP contribution in [0.15, 0.2) is 12.4 Å². The van der Waals surface area contributed by atoms with Gasteiger partial charge in [0.25, 0.3) is 0 Å². The lowest BCUT2D eigenvalue weighted by Crippen LogP contribution is -2.37. The normalized spacial score (nSPS) is 19.7. The van der Waals surface area contributed by atoms with Gasteiger partial charge in [-0.25, -0.2) is 9.97 Å². The van der Waals surface area contributed by atoms with Gasteiger partial charge < -0.3 is 26.4 Å². The molecule has 1 spiro atoms. The van der Waals surface area contributed by atoms with Crippen LogP contribution in [-0.2, 0) is 17.6 Å². The number of aryl methyl sites for hydroxylation is 1. The van der Waals surface area contributed by atoms with Crippen molar-refractivity contribution in [3.05, 3.63) is 22.8 Å². The number of hydrogen-bond donors (Lipinski definition) is 3. The highest BCUT2D eigenvalue weighted by Crippen LogP contribution is 2.42. The smallest absolute Gasteiger partial charge is 0.225 e. The number of likely N-dealkylation sites (tertiary alicyclic amines) is 1. The van der Waals surface area contributed by atoms with Gasteiger partial charge in [0.05, 0.1) is 10.9 Å². The fourth-order valence-corrected chi connectivity index (χ4v) is 5.77. The van der Waals surface area contributed by atoms with Gasteiger partial charge in [0.1, 0.15) is 28.4 Å². The fraction of sp³-hybridized carbons (Fsp3) is 0.522. The molecule has 11 heteroatoms. The van der Waals surface area contributed by atoms with Crippen LogP contribution in [0, 0.1) is 0 Å². The average molecular weight is 483 g/mol. The number of hydrogen-bond acceptors (Lipinski definition) is 10. The standard InChI is InChI=1S/C23H30N8O2S/c1-2-14-11-15-19(27-13-28-21(15)34-14)26-8-3-5-17(32)31-9-4-6-23(7-10-31)12-16-18(24)29-22(25)30-20(16)33-23/h11,13H,2-10,12H2,1H3,(H,26,27,28)(H4,24,25,29,30)/t23-/m1/s1. The zero-order chi connectivity index (χ0) is 23.7. The molecular weight excluding hydrogens is 452 g/mol. The van der Waals surface area contributed by atoms with Crippen LogP contribution in [-0.4, -0.2) is 56.0 Å². The Bertz CT molecular complexity index is 1220. The maximum absolute atomic E-state index is 12.9. The molecule has 1 amide bonds. The van der Waals surface area contributed by atoms with Gasteiger partial charge in [0.2, 0.25) is 17.7 Å². The molecule has 1 fully saturated rings. The molecule has 0 saturated carbocycles. The predicted molar refractivity (Wildman–Crippen MR) is 133 cm³/mol. The molecule has 0 bridgehead atoms. The molecule has 5 heterocycles. The van der Waals surface area contributed by atoms with Gasteiger partial charge in [0, 0.05) is 43.8 Å². The highest BCUT2D eigenvalue weighted by atomic mass is 32.1. The van der Waals surface area contributed by atoms with Crippen molar-refractivity contribution in [2.75, 3.05) is 36.4 Å². The van der Waals surface area contributed by atoms with Gasteiger partial charge in [-0.15, -0.1) is 11.3 Å². The molecule has 0 unspecified atom stereocenters. The van der Waals surface area contributed by atoms with E-state index in [1.165, 1.54) is 4.88 Å². The molecule has 0 aromatic carbocycles. The molecule has 10 nitrogen and oxygen atoms in total. The van der Waals surface area contributed by atoms with Crippen LogP contribution in [0.2, 0.25) is 0 Å². The minimum Gasteiger partial charge on any atom is -0.470 e. The van der Waals surface area contributed by atoms with Crippen LogP contribution in [0.25, 0.3) is 10.2 Å². The molecule has 3 aromatic heterocycles. The Hall–Kier alpha value is -3.21. The van der Waals surface area contributed by atoms with E-state index in [0.29, 0.717) is 37.6 Å². The molecule has 3 aromatic rings. The van der Waals surface area contributed by atoms with Crippen molar-refractivity contribution in [3.8, 4) is 5.88 Å². The van der Waals surface area contributed by atoms with E-state index in [2.05, 4.69) is 38.2 Å². The third-order valence-electron chi connectivity index (χ3n) is 6.67. The molecule has 2 aliphatic heterocycles. The quantitative estimate of drug-likeness (QED) is 0.451. The Morgan fingerprint density at radius 2 is 2.15 bits per heavy atom. The number of ether oxygens (including phenoxy) is 1. The Morgan fingerprint density at radius 3 is 3.00 bits per heavy atom. The molecule has 1 atom stereocenters. The van der Waals surface area contributed by atoms with Gasteiger partial charge in [-0.05, 0) is 31.7 Å². The predicted octanol–water partition coefficient (Wildman–Crippen LogP) is 2.79. The van der Waals surface area contributed by atoms with Crippen molar-refractivity contribution in [1.82, 2.24) is 24.8 Å². The third kappa shape index (κ3) is 4.44. The summed E-state index contributed by atoms with van der Waals surface area (Å²) in [6, 6.07) is 2.15.